The van der Waals surface area contributed by atoms with Crippen LogP contribution in [0.25, 0.3) is 76.1 Å². The van der Waals surface area contributed by atoms with Crippen LogP contribution < -0.4 is 4.90 Å². The van der Waals surface area contributed by atoms with E-state index >= 15 is 0 Å². The van der Waals surface area contributed by atoms with Crippen LogP contribution in [0.5, 0.6) is 0 Å². The summed E-state index contributed by atoms with van der Waals surface area (Å²) in [4.78, 5) is 2.45. The van der Waals surface area contributed by atoms with Gasteiger partial charge in [-0.2, -0.15) is 0 Å². The Morgan fingerprint density at radius 1 is 0.364 bits per heavy atom. The van der Waals surface area contributed by atoms with Gasteiger partial charge in [-0.3, -0.25) is 0 Å². The molecule has 0 aliphatic heterocycles. The number of para-hydroxylation sites is 1. The molecular weight excluding hydrogens is 663 g/mol. The Hall–Kier alpha value is -6.70. The number of anilines is 3. The van der Waals surface area contributed by atoms with E-state index in [-0.39, 0.29) is 5.41 Å². The molecule has 10 aromatic rings. The number of hydrogen-bond acceptors (Lipinski definition) is 1. The molecule has 0 radical (unpaired) electrons. The minimum absolute atomic E-state index is 0.178. The van der Waals surface area contributed by atoms with Gasteiger partial charge < -0.3 is 4.90 Å². The lowest BCUT2D eigenvalue weighted by molar-refractivity contribution is 0.661. The third-order valence-electron chi connectivity index (χ3n) is 12.2. The van der Waals surface area contributed by atoms with Crippen molar-refractivity contribution >= 4 is 70.9 Å². The van der Waals surface area contributed by atoms with Crippen LogP contribution in [0, 0.1) is 6.92 Å². The summed E-state index contributed by atoms with van der Waals surface area (Å²) in [5.41, 5.74) is 12.5. The first kappa shape index (κ1) is 31.8. The van der Waals surface area contributed by atoms with E-state index < -0.39 is 0 Å². The minimum atomic E-state index is -0.178. The van der Waals surface area contributed by atoms with Crippen LogP contribution in [0.3, 0.4) is 0 Å². The van der Waals surface area contributed by atoms with Crippen LogP contribution in [0.2, 0.25) is 0 Å². The Morgan fingerprint density at radius 3 is 1.45 bits per heavy atom. The second-order valence-electron chi connectivity index (χ2n) is 15.7. The Labute approximate surface area is 321 Å². The van der Waals surface area contributed by atoms with Crippen LogP contribution >= 0.6 is 0 Å². The lowest BCUT2D eigenvalue weighted by Gasteiger charge is -2.30. The van der Waals surface area contributed by atoms with Crippen LogP contribution in [-0.2, 0) is 5.41 Å². The summed E-state index contributed by atoms with van der Waals surface area (Å²) >= 11 is 0. The lowest BCUT2D eigenvalue weighted by Crippen LogP contribution is -2.15. The van der Waals surface area contributed by atoms with E-state index in [9.17, 15) is 0 Å². The van der Waals surface area contributed by atoms with Gasteiger partial charge in [0.25, 0.3) is 0 Å². The first-order valence-corrected chi connectivity index (χ1v) is 19.4. The molecule has 1 nitrogen and oxygen atoms in total. The minimum Gasteiger partial charge on any atom is -0.309 e. The molecule has 0 N–H and O–H groups in total. The second-order valence-corrected chi connectivity index (χ2v) is 15.7. The lowest BCUT2D eigenvalue weighted by atomic mass is 9.80. The van der Waals surface area contributed by atoms with Crippen molar-refractivity contribution in [3.63, 3.8) is 0 Å². The number of aryl methyl sites for hydroxylation is 1. The number of benzene rings is 10. The van der Waals surface area contributed by atoms with Gasteiger partial charge in [0.2, 0.25) is 0 Å². The van der Waals surface area contributed by atoms with Gasteiger partial charge in [-0.15, -0.1) is 0 Å². The quantitative estimate of drug-likeness (QED) is 0.130. The molecule has 1 aliphatic carbocycles. The van der Waals surface area contributed by atoms with Crippen LogP contribution in [0.1, 0.15) is 30.5 Å². The highest BCUT2D eigenvalue weighted by molar-refractivity contribution is 6.26. The van der Waals surface area contributed by atoms with Crippen molar-refractivity contribution in [2.45, 2.75) is 26.2 Å². The number of hydrogen-bond donors (Lipinski definition) is 0. The Bertz CT molecular complexity index is 3130. The summed E-state index contributed by atoms with van der Waals surface area (Å²) in [6.45, 7) is 7.00. The monoisotopic (exact) mass is 701 g/mol. The molecule has 0 heterocycles. The summed E-state index contributed by atoms with van der Waals surface area (Å²) in [6, 6.07) is 67.7. The SMILES string of the molecule is Cc1cccc(N(c2ccccc2)c2c3ccccc3c(-c3ccc4c(c3)C(C)(C)c3cc5c6ccccc6c6ccccc6c5cc3-4)c3ccccc23)c1. The summed E-state index contributed by atoms with van der Waals surface area (Å²) < 4.78 is 0. The Morgan fingerprint density at radius 2 is 0.855 bits per heavy atom. The fourth-order valence-corrected chi connectivity index (χ4v) is 9.70. The van der Waals surface area contributed by atoms with E-state index in [0.29, 0.717) is 0 Å². The Kier molecular flexibility index (Phi) is 6.88. The van der Waals surface area contributed by atoms with Crippen molar-refractivity contribution in [3.05, 3.63) is 199 Å². The second kappa shape index (κ2) is 11.9. The predicted molar refractivity (Wildman–Crippen MR) is 236 cm³/mol. The van der Waals surface area contributed by atoms with Crippen molar-refractivity contribution in [2.24, 2.45) is 0 Å². The molecule has 0 bridgehead atoms. The van der Waals surface area contributed by atoms with Crippen molar-refractivity contribution in [2.75, 3.05) is 4.90 Å². The molecule has 1 heteroatoms. The molecule has 11 rings (SSSR count). The van der Waals surface area contributed by atoms with Gasteiger partial charge in [0.15, 0.2) is 0 Å². The summed E-state index contributed by atoms with van der Waals surface area (Å²) in [5.74, 6) is 0. The van der Waals surface area contributed by atoms with Crippen LogP contribution in [0.4, 0.5) is 17.1 Å². The van der Waals surface area contributed by atoms with E-state index in [2.05, 4.69) is 208 Å². The standard InChI is InChI=1S/C54H39N/c1-34-16-15-19-37(30-34)55(36-17-5-4-6-18-36)53-45-26-13-11-24-43(45)52(44-25-12-14-27-46(44)53)35-28-29-42-49-32-47-40-22-9-7-20-38(40)39-21-8-10-23-41(39)48(47)33-51(49)54(2,3)50(42)31-35/h4-33H,1-3H3. The normalized spacial score (nSPS) is 13.1. The first-order valence-electron chi connectivity index (χ1n) is 19.4. The average Bonchev–Trinajstić information content (AvgIpc) is 3.45. The number of rotatable bonds is 4. The zero-order chi connectivity index (χ0) is 36.8. The molecule has 0 amide bonds. The summed E-state index contributed by atoms with van der Waals surface area (Å²) in [5, 5.41) is 12.9. The van der Waals surface area contributed by atoms with Gasteiger partial charge in [0, 0.05) is 27.6 Å². The highest BCUT2D eigenvalue weighted by atomic mass is 15.1. The van der Waals surface area contributed by atoms with E-state index in [4.69, 9.17) is 0 Å². The smallest absolute Gasteiger partial charge is 0.0618 e. The molecule has 0 saturated carbocycles. The zero-order valence-electron chi connectivity index (χ0n) is 31.3. The highest BCUT2D eigenvalue weighted by Crippen LogP contribution is 2.54. The van der Waals surface area contributed by atoms with E-state index in [1.54, 1.807) is 0 Å². The molecule has 0 aromatic heterocycles. The third kappa shape index (κ3) is 4.66. The molecule has 55 heavy (non-hydrogen) atoms. The van der Waals surface area contributed by atoms with Gasteiger partial charge in [-0.25, -0.2) is 0 Å². The number of fused-ring (bicyclic) bond motifs is 11. The predicted octanol–water partition coefficient (Wildman–Crippen LogP) is 15.2. The molecule has 0 unspecified atom stereocenters. The third-order valence-corrected chi connectivity index (χ3v) is 12.2. The maximum atomic E-state index is 2.50. The van der Waals surface area contributed by atoms with Crippen molar-refractivity contribution in [1.82, 2.24) is 0 Å². The van der Waals surface area contributed by atoms with Crippen LogP contribution in [0.15, 0.2) is 182 Å². The first-order chi connectivity index (χ1) is 27.0. The van der Waals surface area contributed by atoms with Crippen molar-refractivity contribution < 1.29 is 0 Å². The fourth-order valence-electron chi connectivity index (χ4n) is 9.70. The maximum Gasteiger partial charge on any atom is 0.0618 e. The van der Waals surface area contributed by atoms with E-state index in [0.717, 1.165) is 11.4 Å². The summed E-state index contributed by atoms with van der Waals surface area (Å²) in [7, 11) is 0. The average molecular weight is 702 g/mol. The topological polar surface area (TPSA) is 3.24 Å². The largest absolute Gasteiger partial charge is 0.309 e. The fraction of sp³-hybridized carbons (Fsp3) is 0.0741. The zero-order valence-corrected chi connectivity index (χ0v) is 31.3. The molecule has 0 atom stereocenters. The molecule has 0 fully saturated rings. The van der Waals surface area contributed by atoms with Crippen molar-refractivity contribution in [1.29, 1.82) is 0 Å². The van der Waals surface area contributed by atoms with E-state index in [1.807, 2.05) is 0 Å². The number of nitrogens with zero attached hydrogens (tertiary/aromatic N) is 1. The maximum absolute atomic E-state index is 2.50. The van der Waals surface area contributed by atoms with Gasteiger partial charge in [0.1, 0.15) is 0 Å². The van der Waals surface area contributed by atoms with Gasteiger partial charge in [0.05, 0.1) is 5.69 Å². The van der Waals surface area contributed by atoms with E-state index in [1.165, 1.54) is 98.5 Å². The highest BCUT2D eigenvalue weighted by Gasteiger charge is 2.36. The molecule has 10 aromatic carbocycles. The molecular formula is C54H39N. The molecule has 260 valence electrons. The van der Waals surface area contributed by atoms with Crippen molar-refractivity contribution in [3.8, 4) is 22.3 Å². The molecule has 1 aliphatic rings. The molecule has 0 saturated heterocycles. The summed E-state index contributed by atoms with van der Waals surface area (Å²) in [6.07, 6.45) is 0. The van der Waals surface area contributed by atoms with Crippen LogP contribution in [-0.4, -0.2) is 0 Å². The van der Waals surface area contributed by atoms with Gasteiger partial charge in [-0.1, -0.05) is 153 Å². The molecule has 0 spiro atoms. The Balaban J connectivity index is 1.16. The van der Waals surface area contributed by atoms with Gasteiger partial charge in [-0.05, 0) is 131 Å². The van der Waals surface area contributed by atoms with Gasteiger partial charge >= 0.3 is 0 Å².